The van der Waals surface area contributed by atoms with Crippen molar-refractivity contribution in [1.82, 2.24) is 9.80 Å². The maximum atomic E-state index is 12.5. The van der Waals surface area contributed by atoms with Gasteiger partial charge in [-0.1, -0.05) is 30.3 Å². The van der Waals surface area contributed by atoms with Crippen LogP contribution in [-0.4, -0.2) is 58.1 Å². The third-order valence-electron chi connectivity index (χ3n) is 4.89. The summed E-state index contributed by atoms with van der Waals surface area (Å²) in [6.07, 6.45) is -0.628. The number of phenolic OH excluding ortho intramolecular Hbond substituents is 1. The van der Waals surface area contributed by atoms with E-state index in [1.54, 1.807) is 24.3 Å². The van der Waals surface area contributed by atoms with Gasteiger partial charge in [0.2, 0.25) is 0 Å². The number of hydrogen-bond donors (Lipinski definition) is 2. The van der Waals surface area contributed by atoms with Crippen LogP contribution in [0.1, 0.15) is 28.9 Å². The minimum absolute atomic E-state index is 0.0569. The summed E-state index contributed by atoms with van der Waals surface area (Å²) in [7, 11) is 0. The third-order valence-corrected chi connectivity index (χ3v) is 4.89. The summed E-state index contributed by atoms with van der Waals surface area (Å²) in [5.41, 5.74) is 1.50. The number of carbonyl (C=O) groups is 1. The first kappa shape index (κ1) is 17.5. The number of aromatic hydroxyl groups is 1. The van der Waals surface area contributed by atoms with Crippen LogP contribution >= 0.6 is 0 Å². The van der Waals surface area contributed by atoms with Crippen LogP contribution in [0.5, 0.6) is 5.75 Å². The highest BCUT2D eigenvalue weighted by Crippen LogP contribution is 2.24. The van der Waals surface area contributed by atoms with Crippen LogP contribution in [0, 0.1) is 0 Å². The molecule has 0 saturated carbocycles. The van der Waals surface area contributed by atoms with E-state index in [9.17, 15) is 15.0 Å². The lowest BCUT2D eigenvalue weighted by molar-refractivity contribution is 0.0244. The molecule has 0 unspecified atom stereocenters. The summed E-state index contributed by atoms with van der Waals surface area (Å²) in [4.78, 5) is 16.6. The summed E-state index contributed by atoms with van der Waals surface area (Å²) in [6.45, 7) is 4.76. The molecule has 1 aliphatic rings. The van der Waals surface area contributed by atoms with Gasteiger partial charge in [0.15, 0.2) is 0 Å². The predicted molar refractivity (Wildman–Crippen MR) is 96.4 cm³/mol. The second-order valence-corrected chi connectivity index (χ2v) is 6.47. The minimum atomic E-state index is -0.628. The van der Waals surface area contributed by atoms with Crippen molar-refractivity contribution in [1.29, 1.82) is 0 Å². The fourth-order valence-electron chi connectivity index (χ4n) is 3.25. The maximum Gasteiger partial charge on any atom is 0.253 e. The maximum absolute atomic E-state index is 12.5. The molecule has 0 radical (unpaired) electrons. The molecule has 5 heteroatoms. The summed E-state index contributed by atoms with van der Waals surface area (Å²) in [5, 5.41) is 20.0. The van der Waals surface area contributed by atoms with Crippen molar-refractivity contribution in [2.24, 2.45) is 0 Å². The van der Waals surface area contributed by atoms with Crippen LogP contribution in [0.25, 0.3) is 0 Å². The lowest BCUT2D eigenvalue weighted by atomic mass is 10.0. The summed E-state index contributed by atoms with van der Waals surface area (Å²) in [6, 6.07) is 15.9. The van der Waals surface area contributed by atoms with E-state index in [2.05, 4.69) is 4.90 Å². The number of benzene rings is 2. The molecule has 0 bridgehead atoms. The Balaban J connectivity index is 1.58. The summed E-state index contributed by atoms with van der Waals surface area (Å²) < 4.78 is 0. The Bertz CT molecular complexity index is 695. The van der Waals surface area contributed by atoms with Gasteiger partial charge >= 0.3 is 0 Å². The molecule has 1 fully saturated rings. The third kappa shape index (κ3) is 4.00. The van der Waals surface area contributed by atoms with Gasteiger partial charge < -0.3 is 15.1 Å². The number of aliphatic hydroxyl groups excluding tert-OH is 1. The normalized spacial score (nSPS) is 17.9. The molecular weight excluding hydrogens is 316 g/mol. The van der Waals surface area contributed by atoms with E-state index in [4.69, 9.17) is 0 Å². The van der Waals surface area contributed by atoms with Crippen molar-refractivity contribution >= 4 is 5.91 Å². The Morgan fingerprint density at radius 3 is 2.16 bits per heavy atom. The molecule has 2 N–H and O–H groups in total. The fourth-order valence-corrected chi connectivity index (χ4v) is 3.25. The van der Waals surface area contributed by atoms with E-state index in [0.717, 1.165) is 18.7 Å². The SMILES string of the molecule is C[C@@H]([C@@H](O)c1ccc(O)cc1)N1CCN(C(=O)c2ccccc2)CC1. The molecule has 2 aromatic carbocycles. The molecular formula is C20H24N2O3. The largest absolute Gasteiger partial charge is 0.508 e. The minimum Gasteiger partial charge on any atom is -0.508 e. The van der Waals surface area contributed by atoms with Gasteiger partial charge in [0, 0.05) is 37.8 Å². The molecule has 132 valence electrons. The number of rotatable bonds is 4. The van der Waals surface area contributed by atoms with Crippen LogP contribution in [0.2, 0.25) is 0 Å². The Morgan fingerprint density at radius 1 is 0.960 bits per heavy atom. The van der Waals surface area contributed by atoms with Gasteiger partial charge in [-0.15, -0.1) is 0 Å². The van der Waals surface area contributed by atoms with E-state index in [-0.39, 0.29) is 17.7 Å². The van der Waals surface area contributed by atoms with E-state index in [0.29, 0.717) is 18.7 Å². The Kier molecular flexibility index (Phi) is 5.36. The molecule has 0 aromatic heterocycles. The quantitative estimate of drug-likeness (QED) is 0.896. The number of hydrogen-bond acceptors (Lipinski definition) is 4. The smallest absolute Gasteiger partial charge is 0.253 e. The average molecular weight is 340 g/mol. The number of nitrogens with zero attached hydrogens (tertiary/aromatic N) is 2. The van der Waals surface area contributed by atoms with Crippen molar-refractivity contribution in [3.8, 4) is 5.75 Å². The molecule has 2 aromatic rings. The second-order valence-electron chi connectivity index (χ2n) is 6.47. The second kappa shape index (κ2) is 7.68. The highest BCUT2D eigenvalue weighted by atomic mass is 16.3. The summed E-state index contributed by atoms with van der Waals surface area (Å²) in [5.74, 6) is 0.253. The molecule has 2 atom stereocenters. The van der Waals surface area contributed by atoms with Crippen LogP contribution in [0.15, 0.2) is 54.6 Å². The standard InChI is InChI=1S/C20H24N2O3/c1-15(19(24)16-7-9-18(23)10-8-16)21-11-13-22(14-12-21)20(25)17-5-3-2-4-6-17/h2-10,15,19,23-24H,11-14H2,1H3/t15-,19+/m0/s1. The van der Waals surface area contributed by atoms with Crippen LogP contribution < -0.4 is 0 Å². The topological polar surface area (TPSA) is 64.0 Å². The molecule has 1 saturated heterocycles. The number of carbonyl (C=O) groups excluding carboxylic acids is 1. The van der Waals surface area contributed by atoms with Gasteiger partial charge in [0.25, 0.3) is 5.91 Å². The predicted octanol–water partition coefficient (Wildman–Crippen LogP) is 2.27. The number of amides is 1. The molecule has 3 rings (SSSR count). The fraction of sp³-hybridized carbons (Fsp3) is 0.350. The highest BCUT2D eigenvalue weighted by molar-refractivity contribution is 5.94. The number of aliphatic hydroxyl groups is 1. The van der Waals surface area contributed by atoms with E-state index in [1.165, 1.54) is 0 Å². The van der Waals surface area contributed by atoms with Crippen molar-refractivity contribution < 1.29 is 15.0 Å². The van der Waals surface area contributed by atoms with Crippen molar-refractivity contribution in [2.75, 3.05) is 26.2 Å². The van der Waals surface area contributed by atoms with Gasteiger partial charge in [0.05, 0.1) is 6.10 Å². The van der Waals surface area contributed by atoms with Gasteiger partial charge in [-0.25, -0.2) is 0 Å². The van der Waals surface area contributed by atoms with Crippen LogP contribution in [0.3, 0.4) is 0 Å². The first-order valence-electron chi connectivity index (χ1n) is 8.61. The molecule has 1 aliphatic heterocycles. The van der Waals surface area contributed by atoms with Gasteiger partial charge in [-0.3, -0.25) is 9.69 Å². The Labute approximate surface area is 148 Å². The zero-order chi connectivity index (χ0) is 17.8. The van der Waals surface area contributed by atoms with Crippen molar-refractivity contribution in [3.63, 3.8) is 0 Å². The molecule has 5 nitrogen and oxygen atoms in total. The Morgan fingerprint density at radius 2 is 1.56 bits per heavy atom. The molecule has 1 heterocycles. The van der Waals surface area contributed by atoms with Crippen LogP contribution in [-0.2, 0) is 0 Å². The molecule has 25 heavy (non-hydrogen) atoms. The zero-order valence-electron chi connectivity index (χ0n) is 14.4. The van der Waals surface area contributed by atoms with Crippen LogP contribution in [0.4, 0.5) is 0 Å². The van der Waals surface area contributed by atoms with Crippen molar-refractivity contribution in [3.05, 3.63) is 65.7 Å². The van der Waals surface area contributed by atoms with E-state index in [1.807, 2.05) is 42.2 Å². The van der Waals surface area contributed by atoms with Gasteiger partial charge in [0.1, 0.15) is 5.75 Å². The first-order valence-corrected chi connectivity index (χ1v) is 8.61. The summed E-state index contributed by atoms with van der Waals surface area (Å²) >= 11 is 0. The lowest BCUT2D eigenvalue weighted by Crippen LogP contribution is -2.52. The van der Waals surface area contributed by atoms with E-state index < -0.39 is 6.10 Å². The zero-order valence-corrected chi connectivity index (χ0v) is 14.4. The number of phenols is 1. The number of piperazine rings is 1. The van der Waals surface area contributed by atoms with E-state index >= 15 is 0 Å². The lowest BCUT2D eigenvalue weighted by Gasteiger charge is -2.39. The highest BCUT2D eigenvalue weighted by Gasteiger charge is 2.28. The van der Waals surface area contributed by atoms with Crippen molar-refractivity contribution in [2.45, 2.75) is 19.1 Å². The van der Waals surface area contributed by atoms with Gasteiger partial charge in [-0.05, 0) is 36.8 Å². The van der Waals surface area contributed by atoms with Gasteiger partial charge in [-0.2, -0.15) is 0 Å². The molecule has 0 aliphatic carbocycles. The first-order chi connectivity index (χ1) is 12.1. The molecule has 0 spiro atoms. The molecule has 1 amide bonds. The average Bonchev–Trinajstić information content (AvgIpc) is 2.67. The monoisotopic (exact) mass is 340 g/mol. The Hall–Kier alpha value is -2.37.